The van der Waals surface area contributed by atoms with Gasteiger partial charge in [-0.1, -0.05) is 31.0 Å². The summed E-state index contributed by atoms with van der Waals surface area (Å²) in [4.78, 5) is 10.8. The second kappa shape index (κ2) is 5.67. The van der Waals surface area contributed by atoms with E-state index < -0.39 is 0 Å². The first-order valence-electron chi connectivity index (χ1n) is 6.69. The third-order valence-corrected chi connectivity index (χ3v) is 4.40. The molecule has 104 valence electrons. The first-order valence-corrected chi connectivity index (χ1v) is 6.69. The molecule has 1 unspecified atom stereocenters. The second-order valence-electron chi connectivity index (χ2n) is 5.33. The van der Waals surface area contributed by atoms with E-state index in [0.29, 0.717) is 12.1 Å². The molecule has 5 heteroatoms. The monoisotopic (exact) mass is 264 g/mol. The van der Waals surface area contributed by atoms with Gasteiger partial charge in [-0.25, -0.2) is 0 Å². The van der Waals surface area contributed by atoms with E-state index in [2.05, 4.69) is 0 Å². The summed E-state index contributed by atoms with van der Waals surface area (Å²) in [6.07, 6.45) is 3.88. The number of aliphatic hydroxyl groups excluding tert-OH is 1. The lowest BCUT2D eigenvalue weighted by Crippen LogP contribution is -2.35. The third kappa shape index (κ3) is 2.48. The van der Waals surface area contributed by atoms with Crippen LogP contribution < -0.4 is 5.73 Å². The first-order chi connectivity index (χ1) is 9.14. The number of nitrogens with two attached hydrogens (primary N) is 1. The number of hydrogen-bond donors (Lipinski definition) is 2. The highest BCUT2D eigenvalue weighted by Gasteiger charge is 2.42. The summed E-state index contributed by atoms with van der Waals surface area (Å²) < 4.78 is 0. The van der Waals surface area contributed by atoms with Crippen LogP contribution in [0.5, 0.6) is 0 Å². The fourth-order valence-corrected chi connectivity index (χ4v) is 3.35. The molecule has 0 heterocycles. The van der Waals surface area contributed by atoms with Crippen molar-refractivity contribution in [3.63, 3.8) is 0 Å². The van der Waals surface area contributed by atoms with Gasteiger partial charge in [0.25, 0.3) is 5.69 Å². The summed E-state index contributed by atoms with van der Waals surface area (Å²) in [5, 5.41) is 20.9. The average Bonchev–Trinajstić information content (AvgIpc) is 2.90. The van der Waals surface area contributed by atoms with Gasteiger partial charge in [-0.15, -0.1) is 0 Å². The molecule has 0 amide bonds. The molecule has 1 aliphatic carbocycles. The normalized spacial score (nSPS) is 19.3. The van der Waals surface area contributed by atoms with E-state index in [-0.39, 0.29) is 28.6 Å². The van der Waals surface area contributed by atoms with E-state index in [1.54, 1.807) is 18.2 Å². The second-order valence-corrected chi connectivity index (χ2v) is 5.33. The largest absolute Gasteiger partial charge is 0.396 e. The van der Waals surface area contributed by atoms with Crippen molar-refractivity contribution in [1.82, 2.24) is 0 Å². The Labute approximate surface area is 112 Å². The highest BCUT2D eigenvalue weighted by molar-refractivity contribution is 5.43. The number of nitro groups is 1. The van der Waals surface area contributed by atoms with Gasteiger partial charge in [-0.2, -0.15) is 0 Å². The van der Waals surface area contributed by atoms with Gasteiger partial charge in [0, 0.05) is 36.1 Å². The van der Waals surface area contributed by atoms with E-state index >= 15 is 0 Å². The lowest BCUT2D eigenvalue weighted by Gasteiger charge is -2.35. The van der Waals surface area contributed by atoms with Crippen LogP contribution in [0.2, 0.25) is 0 Å². The standard InChI is InChI=1S/C14H20N2O3/c15-9-12(14(10-17)7-3-4-8-14)11-5-1-2-6-13(11)16(18)19/h1-2,5-6,12,17H,3-4,7-10,15H2. The molecule has 1 aromatic rings. The van der Waals surface area contributed by atoms with Gasteiger partial charge in [0.15, 0.2) is 0 Å². The Balaban J connectivity index is 2.44. The molecule has 0 aliphatic heterocycles. The molecule has 1 aliphatic rings. The molecule has 1 saturated carbocycles. The van der Waals surface area contributed by atoms with Crippen LogP contribution in [0.1, 0.15) is 37.2 Å². The molecule has 0 radical (unpaired) electrons. The first kappa shape index (κ1) is 14.0. The molecule has 19 heavy (non-hydrogen) atoms. The summed E-state index contributed by atoms with van der Waals surface area (Å²) in [7, 11) is 0. The van der Waals surface area contributed by atoms with Crippen molar-refractivity contribution in [2.24, 2.45) is 11.1 Å². The Morgan fingerprint density at radius 3 is 2.53 bits per heavy atom. The maximum atomic E-state index is 11.2. The zero-order chi connectivity index (χ0) is 13.9. The van der Waals surface area contributed by atoms with E-state index in [1.807, 2.05) is 0 Å². The molecule has 5 nitrogen and oxygen atoms in total. The number of rotatable bonds is 5. The Morgan fingerprint density at radius 2 is 2.00 bits per heavy atom. The quantitative estimate of drug-likeness (QED) is 0.630. The number of nitrogens with zero attached hydrogens (tertiary/aromatic N) is 1. The van der Waals surface area contributed by atoms with Gasteiger partial charge in [0.2, 0.25) is 0 Å². The highest BCUT2D eigenvalue weighted by Crippen LogP contribution is 2.49. The van der Waals surface area contributed by atoms with Crippen molar-refractivity contribution in [3.05, 3.63) is 39.9 Å². The van der Waals surface area contributed by atoms with Crippen LogP contribution in [0, 0.1) is 15.5 Å². The Kier molecular flexibility index (Phi) is 4.17. The summed E-state index contributed by atoms with van der Waals surface area (Å²) in [6.45, 7) is 0.367. The topological polar surface area (TPSA) is 89.4 Å². The fraction of sp³-hybridized carbons (Fsp3) is 0.571. The van der Waals surface area contributed by atoms with Crippen LogP contribution in [0.25, 0.3) is 0 Å². The lowest BCUT2D eigenvalue weighted by atomic mass is 9.71. The van der Waals surface area contributed by atoms with Crippen molar-refractivity contribution >= 4 is 5.69 Å². The van der Waals surface area contributed by atoms with Gasteiger partial charge >= 0.3 is 0 Å². The SMILES string of the molecule is NCC(c1ccccc1[N+](=O)[O-])C1(CO)CCCC1. The smallest absolute Gasteiger partial charge is 0.272 e. The number of aliphatic hydroxyl groups is 1. The van der Waals surface area contributed by atoms with Crippen LogP contribution in [0.4, 0.5) is 5.69 Å². The molecule has 1 atom stereocenters. The highest BCUT2D eigenvalue weighted by atomic mass is 16.6. The van der Waals surface area contributed by atoms with E-state index in [9.17, 15) is 15.2 Å². The molecule has 1 aromatic carbocycles. The maximum absolute atomic E-state index is 11.2. The summed E-state index contributed by atoms with van der Waals surface area (Å²) >= 11 is 0. The van der Waals surface area contributed by atoms with E-state index in [4.69, 9.17) is 5.73 Å². The van der Waals surface area contributed by atoms with Crippen LogP contribution >= 0.6 is 0 Å². The molecule has 2 rings (SSSR count). The van der Waals surface area contributed by atoms with Gasteiger partial charge in [-0.05, 0) is 12.8 Å². The summed E-state index contributed by atoms with van der Waals surface area (Å²) in [5.74, 6) is -0.151. The van der Waals surface area contributed by atoms with Gasteiger partial charge in [0.1, 0.15) is 0 Å². The van der Waals surface area contributed by atoms with E-state index in [1.165, 1.54) is 6.07 Å². The van der Waals surface area contributed by atoms with Gasteiger partial charge in [0.05, 0.1) is 4.92 Å². The molecule has 1 fully saturated rings. The van der Waals surface area contributed by atoms with Crippen molar-refractivity contribution in [2.75, 3.05) is 13.2 Å². The Morgan fingerprint density at radius 1 is 1.37 bits per heavy atom. The van der Waals surface area contributed by atoms with Crippen LogP contribution in [-0.2, 0) is 0 Å². The number of para-hydroxylation sites is 1. The molecular weight excluding hydrogens is 244 g/mol. The predicted octanol–water partition coefficient (Wildman–Crippen LogP) is 2.19. The fourth-order valence-electron chi connectivity index (χ4n) is 3.35. The van der Waals surface area contributed by atoms with E-state index in [0.717, 1.165) is 25.7 Å². The predicted molar refractivity (Wildman–Crippen MR) is 72.9 cm³/mol. The summed E-state index contributed by atoms with van der Waals surface area (Å²) in [6, 6.07) is 6.74. The van der Waals surface area contributed by atoms with Gasteiger partial charge in [-0.3, -0.25) is 10.1 Å². The van der Waals surface area contributed by atoms with Gasteiger partial charge < -0.3 is 10.8 Å². The zero-order valence-corrected chi connectivity index (χ0v) is 10.9. The third-order valence-electron chi connectivity index (χ3n) is 4.40. The maximum Gasteiger partial charge on any atom is 0.272 e. The van der Waals surface area contributed by atoms with Crippen molar-refractivity contribution in [3.8, 4) is 0 Å². The minimum atomic E-state index is -0.363. The minimum Gasteiger partial charge on any atom is -0.396 e. The lowest BCUT2D eigenvalue weighted by molar-refractivity contribution is -0.385. The molecule has 3 N–H and O–H groups in total. The number of hydrogen-bond acceptors (Lipinski definition) is 4. The average molecular weight is 264 g/mol. The number of benzene rings is 1. The van der Waals surface area contributed by atoms with Crippen LogP contribution in [0.3, 0.4) is 0 Å². The van der Waals surface area contributed by atoms with Crippen molar-refractivity contribution < 1.29 is 10.0 Å². The molecular formula is C14H20N2O3. The van der Waals surface area contributed by atoms with Crippen LogP contribution in [-0.4, -0.2) is 23.2 Å². The summed E-state index contributed by atoms with van der Waals surface area (Å²) in [5.41, 5.74) is 6.36. The number of nitro benzene ring substituents is 1. The molecule has 0 saturated heterocycles. The van der Waals surface area contributed by atoms with Crippen molar-refractivity contribution in [1.29, 1.82) is 0 Å². The molecule has 0 aromatic heterocycles. The van der Waals surface area contributed by atoms with Crippen LogP contribution in [0.15, 0.2) is 24.3 Å². The molecule has 0 spiro atoms. The Hall–Kier alpha value is -1.46. The zero-order valence-electron chi connectivity index (χ0n) is 10.9. The minimum absolute atomic E-state index is 0.0426. The molecule has 0 bridgehead atoms. The van der Waals surface area contributed by atoms with Crippen molar-refractivity contribution in [2.45, 2.75) is 31.6 Å². The Bertz CT molecular complexity index is 456.